The number of imidazole rings is 1. The van der Waals surface area contributed by atoms with Crippen molar-refractivity contribution in [3.05, 3.63) is 78.1 Å². The number of carbonyl (C=O) groups is 2. The Morgan fingerprint density at radius 2 is 1.66 bits per heavy atom. The zero-order valence-corrected chi connectivity index (χ0v) is 19.5. The van der Waals surface area contributed by atoms with Crippen molar-refractivity contribution in [3.63, 3.8) is 0 Å². The molecule has 0 saturated carbocycles. The van der Waals surface area contributed by atoms with Crippen molar-refractivity contribution in [2.45, 2.75) is 26.2 Å². The predicted molar refractivity (Wildman–Crippen MR) is 135 cm³/mol. The summed E-state index contributed by atoms with van der Waals surface area (Å²) in [4.78, 5) is 31.5. The van der Waals surface area contributed by atoms with Gasteiger partial charge in [-0.2, -0.15) is 5.26 Å². The van der Waals surface area contributed by atoms with Gasteiger partial charge in [-0.25, -0.2) is 4.98 Å². The smallest absolute Gasteiger partial charge is 0.255 e. The summed E-state index contributed by atoms with van der Waals surface area (Å²) in [6, 6.07) is 19.0. The molecular formula is C28H25N5O2. The molecule has 7 nitrogen and oxygen atoms in total. The fourth-order valence-electron chi connectivity index (χ4n) is 4.55. The Morgan fingerprint density at radius 1 is 0.943 bits per heavy atom. The van der Waals surface area contributed by atoms with Crippen molar-refractivity contribution in [1.29, 1.82) is 5.26 Å². The lowest BCUT2D eigenvalue weighted by Crippen LogP contribution is -2.36. The van der Waals surface area contributed by atoms with Crippen molar-refractivity contribution in [2.24, 2.45) is 0 Å². The number of benzene rings is 2. The lowest BCUT2D eigenvalue weighted by atomic mass is 10.0. The third kappa shape index (κ3) is 4.51. The van der Waals surface area contributed by atoms with E-state index in [0.717, 1.165) is 60.4 Å². The van der Waals surface area contributed by atoms with Crippen LogP contribution in [0.3, 0.4) is 0 Å². The van der Waals surface area contributed by atoms with Gasteiger partial charge in [0.15, 0.2) is 0 Å². The molecule has 3 heterocycles. The molecule has 4 aromatic rings. The van der Waals surface area contributed by atoms with Crippen molar-refractivity contribution in [1.82, 2.24) is 14.3 Å². The Morgan fingerprint density at radius 3 is 2.37 bits per heavy atom. The maximum Gasteiger partial charge on any atom is 0.255 e. The maximum atomic E-state index is 13.2. The number of nitrogens with zero attached hydrogens (tertiary/aromatic N) is 4. The molecular weight excluding hydrogens is 438 g/mol. The van der Waals surface area contributed by atoms with Gasteiger partial charge in [0.2, 0.25) is 5.91 Å². The van der Waals surface area contributed by atoms with E-state index < -0.39 is 0 Å². The van der Waals surface area contributed by atoms with Crippen LogP contribution in [0.5, 0.6) is 0 Å². The first-order chi connectivity index (χ1) is 17.0. The maximum absolute atomic E-state index is 13.2. The summed E-state index contributed by atoms with van der Waals surface area (Å²) in [5, 5.41) is 11.9. The van der Waals surface area contributed by atoms with Gasteiger partial charge in [-0.1, -0.05) is 18.2 Å². The lowest BCUT2D eigenvalue weighted by molar-refractivity contribution is -0.114. The van der Waals surface area contributed by atoms with Crippen LogP contribution in [0.4, 0.5) is 5.69 Å². The molecule has 0 bridgehead atoms. The summed E-state index contributed by atoms with van der Waals surface area (Å²) < 4.78 is 2.00. The van der Waals surface area contributed by atoms with Crippen LogP contribution >= 0.6 is 0 Å². The first-order valence-electron chi connectivity index (χ1n) is 11.7. The lowest BCUT2D eigenvalue weighted by Gasteiger charge is -2.27. The van der Waals surface area contributed by atoms with Crippen molar-refractivity contribution in [3.8, 4) is 28.5 Å². The third-order valence-electron chi connectivity index (χ3n) is 6.35. The molecule has 35 heavy (non-hydrogen) atoms. The van der Waals surface area contributed by atoms with E-state index in [1.54, 1.807) is 18.2 Å². The molecule has 5 rings (SSSR count). The number of nitrogens with one attached hydrogen (secondary N) is 1. The van der Waals surface area contributed by atoms with Gasteiger partial charge in [0.05, 0.1) is 34.8 Å². The quantitative estimate of drug-likeness (QED) is 0.455. The number of pyridine rings is 1. The topological polar surface area (TPSA) is 90.5 Å². The summed E-state index contributed by atoms with van der Waals surface area (Å²) in [5.41, 5.74) is 6.09. The van der Waals surface area contributed by atoms with E-state index in [9.17, 15) is 9.59 Å². The zero-order chi connectivity index (χ0) is 24.4. The van der Waals surface area contributed by atoms with Crippen LogP contribution in [0.2, 0.25) is 0 Å². The van der Waals surface area contributed by atoms with Gasteiger partial charge in [0, 0.05) is 31.8 Å². The Labute approximate surface area is 203 Å². The predicted octanol–water partition coefficient (Wildman–Crippen LogP) is 5.12. The van der Waals surface area contributed by atoms with E-state index in [0.29, 0.717) is 16.8 Å². The molecule has 0 aliphatic carbocycles. The second-order valence-corrected chi connectivity index (χ2v) is 8.77. The summed E-state index contributed by atoms with van der Waals surface area (Å²) in [5.74, 6) is -0.267. The number of hydrogen-bond donors (Lipinski definition) is 1. The van der Waals surface area contributed by atoms with Gasteiger partial charge in [0.25, 0.3) is 5.91 Å². The Kier molecular flexibility index (Phi) is 6.02. The fraction of sp³-hybridized carbons (Fsp3) is 0.214. The highest BCUT2D eigenvalue weighted by Crippen LogP contribution is 2.30. The summed E-state index contributed by atoms with van der Waals surface area (Å²) in [6.07, 6.45) is 6.96. The number of hydrogen-bond acceptors (Lipinski definition) is 4. The molecule has 2 aromatic heterocycles. The minimum atomic E-state index is -0.219. The Hall–Kier alpha value is -4.44. The largest absolute Gasteiger partial charge is 0.339 e. The van der Waals surface area contributed by atoms with Crippen LogP contribution in [0.1, 0.15) is 42.1 Å². The molecule has 7 heteroatoms. The molecule has 1 aliphatic heterocycles. The molecule has 1 fully saturated rings. The van der Waals surface area contributed by atoms with Crippen molar-refractivity contribution in [2.75, 3.05) is 18.4 Å². The number of nitriles is 1. The molecule has 0 spiro atoms. The molecule has 1 aliphatic rings. The summed E-state index contributed by atoms with van der Waals surface area (Å²) in [6.45, 7) is 2.94. The number of carbonyl (C=O) groups excluding carboxylic acids is 2. The highest BCUT2D eigenvalue weighted by atomic mass is 16.2. The number of piperidine rings is 1. The van der Waals surface area contributed by atoms with Crippen molar-refractivity contribution < 1.29 is 9.59 Å². The second-order valence-electron chi connectivity index (χ2n) is 8.77. The van der Waals surface area contributed by atoms with Crippen LogP contribution in [-0.2, 0) is 4.79 Å². The van der Waals surface area contributed by atoms with Gasteiger partial charge < -0.3 is 10.2 Å². The number of likely N-dealkylation sites (tertiary alicyclic amines) is 1. The van der Waals surface area contributed by atoms with Crippen LogP contribution in [0, 0.1) is 11.3 Å². The molecule has 0 radical (unpaired) electrons. The van der Waals surface area contributed by atoms with Gasteiger partial charge >= 0.3 is 0 Å². The fourth-order valence-corrected chi connectivity index (χ4v) is 4.55. The minimum Gasteiger partial charge on any atom is -0.339 e. The molecule has 2 amide bonds. The molecule has 174 valence electrons. The average Bonchev–Trinajstić information content (AvgIpc) is 3.32. The van der Waals surface area contributed by atoms with Crippen LogP contribution in [0.25, 0.3) is 28.0 Å². The highest BCUT2D eigenvalue weighted by molar-refractivity contribution is 6.04. The average molecular weight is 464 g/mol. The van der Waals surface area contributed by atoms with Crippen LogP contribution in [0.15, 0.2) is 67.0 Å². The SMILES string of the molecule is CC(=O)Nc1cc(-c2ccc3ncc(-c4ccc(C#N)cc4)n3c2)ccc1C(=O)N1CCCCC1. The number of amides is 2. The number of aromatic nitrogens is 2. The van der Waals surface area contributed by atoms with E-state index >= 15 is 0 Å². The Balaban J connectivity index is 1.53. The third-order valence-corrected chi connectivity index (χ3v) is 6.35. The van der Waals surface area contributed by atoms with Crippen LogP contribution in [-0.4, -0.2) is 39.2 Å². The summed E-state index contributed by atoms with van der Waals surface area (Å²) >= 11 is 0. The van der Waals surface area contributed by atoms with Crippen LogP contribution < -0.4 is 5.32 Å². The molecule has 2 aromatic carbocycles. The standard InChI is InChI=1S/C28H25N5O2/c1-19(34)31-25-15-22(9-11-24(25)28(35)32-13-3-2-4-14-32)23-10-12-27-30-17-26(33(27)18-23)21-7-5-20(16-29)6-8-21/h5-12,15,17-18H,2-4,13-14H2,1H3,(H,31,34). The zero-order valence-electron chi connectivity index (χ0n) is 19.5. The van der Waals surface area contributed by atoms with E-state index in [1.165, 1.54) is 6.92 Å². The number of rotatable bonds is 4. The second kappa shape index (κ2) is 9.43. The van der Waals surface area contributed by atoms with E-state index in [1.807, 2.05) is 58.1 Å². The van der Waals surface area contributed by atoms with Gasteiger partial charge in [-0.05, 0) is 66.8 Å². The van der Waals surface area contributed by atoms with E-state index in [4.69, 9.17) is 5.26 Å². The minimum absolute atomic E-state index is 0.0480. The van der Waals surface area contributed by atoms with Gasteiger partial charge in [0.1, 0.15) is 5.65 Å². The molecule has 1 N–H and O–H groups in total. The first-order valence-corrected chi connectivity index (χ1v) is 11.7. The van der Waals surface area contributed by atoms with E-state index in [2.05, 4.69) is 16.4 Å². The first kappa shape index (κ1) is 22.4. The molecule has 0 atom stereocenters. The summed E-state index contributed by atoms with van der Waals surface area (Å²) in [7, 11) is 0. The Bertz CT molecular complexity index is 1460. The monoisotopic (exact) mass is 463 g/mol. The van der Waals surface area contributed by atoms with Crippen molar-refractivity contribution >= 4 is 23.1 Å². The highest BCUT2D eigenvalue weighted by Gasteiger charge is 2.22. The van der Waals surface area contributed by atoms with Gasteiger partial charge in [-0.15, -0.1) is 0 Å². The van der Waals surface area contributed by atoms with E-state index in [-0.39, 0.29) is 11.8 Å². The van der Waals surface area contributed by atoms with Gasteiger partial charge in [-0.3, -0.25) is 14.0 Å². The normalized spacial score (nSPS) is 13.4. The molecule has 0 unspecified atom stereocenters. The number of anilines is 1. The number of fused-ring (bicyclic) bond motifs is 1. The molecule has 1 saturated heterocycles.